The van der Waals surface area contributed by atoms with Gasteiger partial charge in [-0.3, -0.25) is 9.59 Å². The maximum atomic E-state index is 12.1. The van der Waals surface area contributed by atoms with Gasteiger partial charge in [0.05, 0.1) is 0 Å². The second kappa shape index (κ2) is 7.19. The molecule has 2 aromatic carbocycles. The standard InChI is InChI=1S/C18H15ClN2O3/c19-14-7-6-13-8-16(21-15(13)9-14)18(23)20-10-17(22)24-11-12-4-2-1-3-5-12/h1-9,21H,10-11H2,(H,20,23). The number of hydrogen-bond donors (Lipinski definition) is 2. The van der Waals surface area contributed by atoms with Crippen LogP contribution in [0.3, 0.4) is 0 Å². The second-order valence-electron chi connectivity index (χ2n) is 5.24. The van der Waals surface area contributed by atoms with E-state index in [4.69, 9.17) is 16.3 Å². The summed E-state index contributed by atoms with van der Waals surface area (Å²) in [5, 5.41) is 3.99. The summed E-state index contributed by atoms with van der Waals surface area (Å²) in [6.45, 7) is -0.0117. The molecule has 0 unspecified atom stereocenters. The van der Waals surface area contributed by atoms with Crippen molar-refractivity contribution >= 4 is 34.4 Å². The number of aromatic amines is 1. The molecule has 0 fully saturated rings. The zero-order valence-electron chi connectivity index (χ0n) is 12.7. The van der Waals surface area contributed by atoms with Crippen LogP contribution in [-0.4, -0.2) is 23.4 Å². The average molecular weight is 343 g/mol. The molecule has 0 radical (unpaired) electrons. The molecule has 122 valence electrons. The first kappa shape index (κ1) is 16.1. The van der Waals surface area contributed by atoms with Crippen LogP contribution >= 0.6 is 11.6 Å². The number of H-pyrrole nitrogens is 1. The van der Waals surface area contributed by atoms with Gasteiger partial charge < -0.3 is 15.0 Å². The van der Waals surface area contributed by atoms with Crippen LogP contribution < -0.4 is 5.32 Å². The molecule has 0 spiro atoms. The highest BCUT2D eigenvalue weighted by Crippen LogP contribution is 2.19. The topological polar surface area (TPSA) is 71.2 Å². The van der Waals surface area contributed by atoms with Gasteiger partial charge >= 0.3 is 5.97 Å². The lowest BCUT2D eigenvalue weighted by Crippen LogP contribution is -2.30. The minimum absolute atomic E-state index is 0.181. The predicted molar refractivity (Wildman–Crippen MR) is 91.9 cm³/mol. The smallest absolute Gasteiger partial charge is 0.325 e. The summed E-state index contributed by atoms with van der Waals surface area (Å²) in [5.41, 5.74) is 2.02. The Kier molecular flexibility index (Phi) is 4.82. The first-order valence-corrected chi connectivity index (χ1v) is 7.75. The molecule has 0 atom stereocenters. The monoisotopic (exact) mass is 342 g/mol. The van der Waals surface area contributed by atoms with Crippen LogP contribution in [0.1, 0.15) is 16.1 Å². The molecule has 1 amide bonds. The Labute approximate surface area is 143 Å². The van der Waals surface area contributed by atoms with Crippen molar-refractivity contribution in [1.82, 2.24) is 10.3 Å². The Morgan fingerprint density at radius 2 is 1.88 bits per heavy atom. The van der Waals surface area contributed by atoms with Crippen LogP contribution in [0.2, 0.25) is 5.02 Å². The highest BCUT2D eigenvalue weighted by atomic mass is 35.5. The van der Waals surface area contributed by atoms with Gasteiger partial charge in [-0.2, -0.15) is 0 Å². The van der Waals surface area contributed by atoms with Crippen molar-refractivity contribution in [3.63, 3.8) is 0 Å². The van der Waals surface area contributed by atoms with Crippen LogP contribution in [-0.2, 0) is 16.1 Å². The predicted octanol–water partition coefficient (Wildman–Crippen LogP) is 3.29. The van der Waals surface area contributed by atoms with Gasteiger partial charge in [0.1, 0.15) is 18.8 Å². The van der Waals surface area contributed by atoms with E-state index in [1.165, 1.54) is 0 Å². The van der Waals surface area contributed by atoms with Gasteiger partial charge in [-0.25, -0.2) is 0 Å². The van der Waals surface area contributed by atoms with Gasteiger partial charge in [-0.1, -0.05) is 48.0 Å². The Morgan fingerprint density at radius 3 is 2.67 bits per heavy atom. The molecular formula is C18H15ClN2O3. The second-order valence-corrected chi connectivity index (χ2v) is 5.68. The Morgan fingerprint density at radius 1 is 1.08 bits per heavy atom. The van der Waals surface area contributed by atoms with Crippen molar-refractivity contribution in [1.29, 1.82) is 0 Å². The number of esters is 1. The van der Waals surface area contributed by atoms with E-state index in [2.05, 4.69) is 10.3 Å². The summed E-state index contributed by atoms with van der Waals surface area (Å²) in [5.74, 6) is -0.870. The lowest BCUT2D eigenvalue weighted by Gasteiger charge is -2.06. The molecule has 6 heteroatoms. The quantitative estimate of drug-likeness (QED) is 0.699. The number of amides is 1. The van der Waals surface area contributed by atoms with Gasteiger partial charge in [-0.15, -0.1) is 0 Å². The number of benzene rings is 2. The third-order valence-electron chi connectivity index (χ3n) is 3.47. The molecule has 0 bridgehead atoms. The van der Waals surface area contributed by atoms with Crippen LogP contribution in [0.25, 0.3) is 10.9 Å². The molecule has 24 heavy (non-hydrogen) atoms. The van der Waals surface area contributed by atoms with E-state index in [-0.39, 0.29) is 19.1 Å². The maximum Gasteiger partial charge on any atom is 0.325 e. The van der Waals surface area contributed by atoms with Gasteiger partial charge in [0.2, 0.25) is 0 Å². The number of rotatable bonds is 5. The minimum Gasteiger partial charge on any atom is -0.460 e. The highest BCUT2D eigenvalue weighted by molar-refractivity contribution is 6.31. The van der Waals surface area contributed by atoms with Gasteiger partial charge in [0, 0.05) is 15.9 Å². The molecule has 0 saturated carbocycles. The van der Waals surface area contributed by atoms with Gasteiger partial charge in [0.15, 0.2) is 0 Å². The molecule has 0 saturated heterocycles. The molecule has 3 aromatic rings. The number of carbonyl (C=O) groups excluding carboxylic acids is 2. The molecule has 0 aliphatic carbocycles. The van der Waals surface area contributed by atoms with Crippen molar-refractivity contribution in [2.24, 2.45) is 0 Å². The summed E-state index contributed by atoms with van der Waals surface area (Å²) in [4.78, 5) is 26.8. The molecule has 3 rings (SSSR count). The van der Waals surface area contributed by atoms with E-state index >= 15 is 0 Å². The molecule has 0 aliphatic heterocycles. The van der Waals surface area contributed by atoms with E-state index in [0.717, 1.165) is 16.5 Å². The third kappa shape index (κ3) is 3.94. The van der Waals surface area contributed by atoms with Crippen LogP contribution in [0, 0.1) is 0 Å². The zero-order chi connectivity index (χ0) is 16.9. The molecule has 1 heterocycles. The third-order valence-corrected chi connectivity index (χ3v) is 3.70. The summed E-state index contributed by atoms with van der Waals surface area (Å²) < 4.78 is 5.11. The Hall–Kier alpha value is -2.79. The fourth-order valence-corrected chi connectivity index (χ4v) is 2.43. The molecular weight excluding hydrogens is 328 g/mol. The minimum atomic E-state index is -0.494. The number of hydrogen-bond acceptors (Lipinski definition) is 3. The fourth-order valence-electron chi connectivity index (χ4n) is 2.26. The van der Waals surface area contributed by atoms with Crippen molar-refractivity contribution in [3.05, 3.63) is 70.9 Å². The number of carbonyl (C=O) groups is 2. The molecule has 1 aromatic heterocycles. The van der Waals surface area contributed by atoms with E-state index in [0.29, 0.717) is 10.7 Å². The summed E-state index contributed by atoms with van der Waals surface area (Å²) in [7, 11) is 0. The number of fused-ring (bicyclic) bond motifs is 1. The fraction of sp³-hybridized carbons (Fsp3) is 0.111. The lowest BCUT2D eigenvalue weighted by atomic mass is 10.2. The van der Waals surface area contributed by atoms with Crippen LogP contribution in [0.5, 0.6) is 0 Å². The highest BCUT2D eigenvalue weighted by Gasteiger charge is 2.12. The average Bonchev–Trinajstić information content (AvgIpc) is 3.02. The SMILES string of the molecule is O=C(CNC(=O)c1cc2ccc(Cl)cc2[nH]1)OCc1ccccc1. The van der Waals surface area contributed by atoms with Gasteiger partial charge in [0.25, 0.3) is 5.91 Å². The van der Waals surface area contributed by atoms with Crippen molar-refractivity contribution in [2.45, 2.75) is 6.61 Å². The number of nitrogens with one attached hydrogen (secondary N) is 2. The normalized spacial score (nSPS) is 10.5. The van der Waals surface area contributed by atoms with Crippen molar-refractivity contribution in [2.75, 3.05) is 6.54 Å². The van der Waals surface area contributed by atoms with Crippen molar-refractivity contribution < 1.29 is 14.3 Å². The summed E-state index contributed by atoms with van der Waals surface area (Å²) in [6.07, 6.45) is 0. The Balaban J connectivity index is 1.53. The van der Waals surface area contributed by atoms with Gasteiger partial charge in [-0.05, 0) is 23.8 Å². The van der Waals surface area contributed by atoms with E-state index in [1.54, 1.807) is 18.2 Å². The zero-order valence-corrected chi connectivity index (χ0v) is 13.5. The molecule has 0 aliphatic rings. The number of ether oxygens (including phenoxy) is 1. The largest absolute Gasteiger partial charge is 0.460 e. The van der Waals surface area contributed by atoms with E-state index in [9.17, 15) is 9.59 Å². The van der Waals surface area contributed by atoms with Crippen LogP contribution in [0.4, 0.5) is 0 Å². The number of aromatic nitrogens is 1. The first-order valence-electron chi connectivity index (χ1n) is 7.38. The van der Waals surface area contributed by atoms with Crippen LogP contribution in [0.15, 0.2) is 54.6 Å². The summed E-state index contributed by atoms with van der Waals surface area (Å²) >= 11 is 5.91. The lowest BCUT2D eigenvalue weighted by molar-refractivity contribution is -0.143. The first-order chi connectivity index (χ1) is 11.6. The van der Waals surface area contributed by atoms with E-state index in [1.807, 2.05) is 36.4 Å². The summed E-state index contributed by atoms with van der Waals surface area (Å²) in [6, 6.07) is 16.4. The maximum absolute atomic E-state index is 12.1. The van der Waals surface area contributed by atoms with Crippen molar-refractivity contribution in [3.8, 4) is 0 Å². The molecule has 5 nitrogen and oxygen atoms in total. The number of halogens is 1. The molecule has 2 N–H and O–H groups in total. The van der Waals surface area contributed by atoms with E-state index < -0.39 is 5.97 Å². The Bertz CT molecular complexity index is 874.